The molecule has 1 rings (SSSR count). The third kappa shape index (κ3) is 5.79. The minimum absolute atomic E-state index is 0.0112. The van der Waals surface area contributed by atoms with Crippen molar-refractivity contribution in [2.75, 3.05) is 18.6 Å². The van der Waals surface area contributed by atoms with E-state index >= 15 is 0 Å². The van der Waals surface area contributed by atoms with E-state index in [2.05, 4.69) is 12.2 Å². The predicted octanol–water partition coefficient (Wildman–Crippen LogP) is 1.96. The molecule has 0 aliphatic heterocycles. The first-order valence-corrected chi connectivity index (χ1v) is 8.18. The molecule has 3 N–H and O–H groups in total. The third-order valence-corrected chi connectivity index (χ3v) is 3.71. The van der Waals surface area contributed by atoms with E-state index in [0.717, 1.165) is 17.7 Å². The van der Waals surface area contributed by atoms with Crippen LogP contribution < -0.4 is 15.8 Å². The number of thiocarbonyl (C=S) groups is 1. The largest absolute Gasteiger partial charge is 0.484 e. The van der Waals surface area contributed by atoms with E-state index in [1.165, 1.54) is 0 Å². The lowest BCUT2D eigenvalue weighted by Crippen LogP contribution is -2.39. The maximum absolute atomic E-state index is 11.7. The van der Waals surface area contributed by atoms with Crippen molar-refractivity contribution >= 4 is 34.9 Å². The Kier molecular flexibility index (Phi) is 7.40. The van der Waals surface area contributed by atoms with Crippen molar-refractivity contribution in [2.45, 2.75) is 19.4 Å². The monoisotopic (exact) mass is 312 g/mol. The summed E-state index contributed by atoms with van der Waals surface area (Å²) in [7, 11) is 0. The van der Waals surface area contributed by atoms with E-state index in [1.54, 1.807) is 36.0 Å². The van der Waals surface area contributed by atoms with Crippen LogP contribution in [0.5, 0.6) is 5.75 Å². The quantitative estimate of drug-likeness (QED) is 0.718. The average Bonchev–Trinajstić information content (AvgIpc) is 2.45. The van der Waals surface area contributed by atoms with Gasteiger partial charge in [0.2, 0.25) is 0 Å². The molecule has 110 valence electrons. The molecule has 4 nitrogen and oxygen atoms in total. The zero-order valence-corrected chi connectivity index (χ0v) is 13.4. The SMILES string of the molecule is CCC(CSC)NC(=O)COc1ccc(C(N)=S)cc1. The van der Waals surface area contributed by atoms with Crippen molar-refractivity contribution in [2.24, 2.45) is 5.73 Å². The summed E-state index contributed by atoms with van der Waals surface area (Å²) < 4.78 is 5.42. The normalized spacial score (nSPS) is 11.7. The van der Waals surface area contributed by atoms with Gasteiger partial charge in [-0.1, -0.05) is 19.1 Å². The molecular formula is C14H20N2O2S2. The molecule has 1 atom stereocenters. The van der Waals surface area contributed by atoms with E-state index in [4.69, 9.17) is 22.7 Å². The van der Waals surface area contributed by atoms with Gasteiger partial charge in [-0.05, 0) is 36.9 Å². The predicted molar refractivity (Wildman–Crippen MR) is 88.4 cm³/mol. The van der Waals surface area contributed by atoms with Crippen molar-refractivity contribution in [3.05, 3.63) is 29.8 Å². The summed E-state index contributed by atoms with van der Waals surface area (Å²) in [6, 6.07) is 7.25. The number of benzene rings is 1. The minimum Gasteiger partial charge on any atom is -0.484 e. The molecule has 0 aromatic heterocycles. The van der Waals surface area contributed by atoms with Crippen molar-refractivity contribution in [3.63, 3.8) is 0 Å². The number of nitrogens with one attached hydrogen (secondary N) is 1. The van der Waals surface area contributed by atoms with Crippen LogP contribution in [0.3, 0.4) is 0 Å². The molecule has 0 spiro atoms. The van der Waals surface area contributed by atoms with Crippen molar-refractivity contribution in [3.8, 4) is 5.75 Å². The Hall–Kier alpha value is -1.27. The number of carbonyl (C=O) groups excluding carboxylic acids is 1. The van der Waals surface area contributed by atoms with Crippen LogP contribution in [0.1, 0.15) is 18.9 Å². The van der Waals surface area contributed by atoms with Gasteiger partial charge in [0.15, 0.2) is 6.61 Å². The van der Waals surface area contributed by atoms with E-state index in [-0.39, 0.29) is 18.6 Å². The standard InChI is InChI=1S/C14H20N2O2S2/c1-3-11(9-20-2)16-13(17)8-18-12-6-4-10(5-7-12)14(15)19/h4-7,11H,3,8-9H2,1-2H3,(H2,15,19)(H,16,17). The van der Waals surface area contributed by atoms with E-state index in [9.17, 15) is 4.79 Å². The Bertz CT molecular complexity index is 449. The van der Waals surface area contributed by atoms with Crippen LogP contribution in [0.25, 0.3) is 0 Å². The topological polar surface area (TPSA) is 64.3 Å². The molecule has 0 saturated heterocycles. The second kappa shape index (κ2) is 8.81. The molecule has 20 heavy (non-hydrogen) atoms. The van der Waals surface area contributed by atoms with Gasteiger partial charge in [-0.3, -0.25) is 4.79 Å². The molecule has 0 aliphatic carbocycles. The van der Waals surface area contributed by atoms with Crippen LogP contribution in [0.15, 0.2) is 24.3 Å². The van der Waals surface area contributed by atoms with Gasteiger partial charge in [0, 0.05) is 17.4 Å². The Balaban J connectivity index is 2.42. The van der Waals surface area contributed by atoms with Crippen LogP contribution in [0.2, 0.25) is 0 Å². The number of amides is 1. The number of hydrogen-bond acceptors (Lipinski definition) is 4. The molecule has 0 bridgehead atoms. The van der Waals surface area contributed by atoms with Crippen LogP contribution in [0.4, 0.5) is 0 Å². The maximum atomic E-state index is 11.7. The van der Waals surface area contributed by atoms with E-state index < -0.39 is 0 Å². The first-order valence-electron chi connectivity index (χ1n) is 6.37. The Labute approximate surface area is 129 Å². The molecule has 1 unspecified atom stereocenters. The first kappa shape index (κ1) is 16.8. The second-order valence-corrected chi connectivity index (χ2v) is 5.66. The van der Waals surface area contributed by atoms with Crippen LogP contribution in [0, 0.1) is 0 Å². The summed E-state index contributed by atoms with van der Waals surface area (Å²) in [5.41, 5.74) is 6.29. The molecule has 1 amide bonds. The Morgan fingerprint density at radius 2 is 2.10 bits per heavy atom. The fourth-order valence-corrected chi connectivity index (χ4v) is 2.45. The van der Waals surface area contributed by atoms with Gasteiger partial charge in [-0.15, -0.1) is 0 Å². The molecule has 1 aromatic rings. The van der Waals surface area contributed by atoms with E-state index in [1.807, 2.05) is 6.26 Å². The van der Waals surface area contributed by atoms with Crippen LogP contribution >= 0.6 is 24.0 Å². The summed E-state index contributed by atoms with van der Waals surface area (Å²) in [4.78, 5) is 12.1. The molecule has 1 aromatic carbocycles. The van der Waals surface area contributed by atoms with Crippen molar-refractivity contribution in [1.82, 2.24) is 5.32 Å². The van der Waals surface area contributed by atoms with Crippen molar-refractivity contribution in [1.29, 1.82) is 0 Å². The highest BCUT2D eigenvalue weighted by molar-refractivity contribution is 7.98. The molecular weight excluding hydrogens is 292 g/mol. The molecule has 6 heteroatoms. The summed E-state index contributed by atoms with van der Waals surface area (Å²) in [5, 5.41) is 2.94. The lowest BCUT2D eigenvalue weighted by atomic mass is 10.2. The number of hydrogen-bond donors (Lipinski definition) is 2. The second-order valence-electron chi connectivity index (χ2n) is 4.31. The van der Waals surface area contributed by atoms with Crippen LogP contribution in [-0.4, -0.2) is 35.6 Å². The number of nitrogens with two attached hydrogens (primary N) is 1. The van der Waals surface area contributed by atoms with Gasteiger partial charge < -0.3 is 15.8 Å². The highest BCUT2D eigenvalue weighted by Crippen LogP contribution is 2.12. The lowest BCUT2D eigenvalue weighted by molar-refractivity contribution is -0.123. The first-order chi connectivity index (χ1) is 9.56. The van der Waals surface area contributed by atoms with Gasteiger partial charge in [0.1, 0.15) is 10.7 Å². The fraction of sp³-hybridized carbons (Fsp3) is 0.429. The van der Waals surface area contributed by atoms with Gasteiger partial charge >= 0.3 is 0 Å². The summed E-state index contributed by atoms with van der Waals surface area (Å²) in [6.45, 7) is 2.06. The highest BCUT2D eigenvalue weighted by Gasteiger charge is 2.10. The molecule has 0 heterocycles. The Morgan fingerprint density at radius 1 is 1.45 bits per heavy atom. The van der Waals surface area contributed by atoms with Gasteiger partial charge in [0.05, 0.1) is 0 Å². The molecule has 0 aliphatic rings. The summed E-state index contributed by atoms with van der Waals surface area (Å²) in [5.74, 6) is 1.42. The maximum Gasteiger partial charge on any atom is 0.258 e. The highest BCUT2D eigenvalue weighted by atomic mass is 32.2. The average molecular weight is 312 g/mol. The zero-order valence-electron chi connectivity index (χ0n) is 11.7. The lowest BCUT2D eigenvalue weighted by Gasteiger charge is -2.16. The van der Waals surface area contributed by atoms with Crippen molar-refractivity contribution < 1.29 is 9.53 Å². The number of rotatable bonds is 8. The number of ether oxygens (including phenoxy) is 1. The van der Waals surface area contributed by atoms with Crippen LogP contribution in [-0.2, 0) is 4.79 Å². The minimum atomic E-state index is -0.107. The molecule has 0 fully saturated rings. The number of carbonyl (C=O) groups is 1. The fourth-order valence-electron chi connectivity index (χ4n) is 1.60. The van der Waals surface area contributed by atoms with Gasteiger partial charge in [-0.25, -0.2) is 0 Å². The molecule has 0 radical (unpaired) electrons. The zero-order chi connectivity index (χ0) is 15.0. The van der Waals surface area contributed by atoms with Gasteiger partial charge in [0.25, 0.3) is 5.91 Å². The Morgan fingerprint density at radius 3 is 2.60 bits per heavy atom. The number of thioether (sulfide) groups is 1. The van der Waals surface area contributed by atoms with E-state index in [0.29, 0.717) is 10.7 Å². The molecule has 0 saturated carbocycles. The van der Waals surface area contributed by atoms with Gasteiger partial charge in [-0.2, -0.15) is 11.8 Å². The smallest absolute Gasteiger partial charge is 0.258 e. The summed E-state index contributed by atoms with van der Waals surface area (Å²) in [6.07, 6.45) is 2.93. The third-order valence-electron chi connectivity index (χ3n) is 2.73. The summed E-state index contributed by atoms with van der Waals surface area (Å²) >= 11 is 6.58.